The van der Waals surface area contributed by atoms with Gasteiger partial charge in [-0.25, -0.2) is 9.78 Å². The molecular formula is C25H21N3O4S2. The van der Waals surface area contributed by atoms with E-state index in [-0.39, 0.29) is 22.3 Å². The van der Waals surface area contributed by atoms with Crippen molar-refractivity contribution in [1.29, 1.82) is 0 Å². The van der Waals surface area contributed by atoms with E-state index in [4.69, 9.17) is 0 Å². The molecule has 1 atom stereocenters. The number of nitrogens with one attached hydrogen (secondary N) is 2. The second-order valence-corrected chi connectivity index (χ2v) is 9.81. The quantitative estimate of drug-likeness (QED) is 0.287. The van der Waals surface area contributed by atoms with Gasteiger partial charge in [0, 0.05) is 26.9 Å². The van der Waals surface area contributed by atoms with Crippen molar-refractivity contribution in [3.63, 3.8) is 0 Å². The topological polar surface area (TPSA) is 108 Å². The Hall–Kier alpha value is -3.69. The molecule has 0 aliphatic rings. The van der Waals surface area contributed by atoms with Gasteiger partial charge in [-0.3, -0.25) is 9.59 Å². The summed E-state index contributed by atoms with van der Waals surface area (Å²) in [6.45, 7) is 3.69. The first-order chi connectivity index (χ1) is 16.3. The molecule has 1 aromatic heterocycles. The van der Waals surface area contributed by atoms with Crippen molar-refractivity contribution >= 4 is 62.5 Å². The summed E-state index contributed by atoms with van der Waals surface area (Å²) in [7, 11) is 0. The molecule has 0 bridgehead atoms. The smallest absolute Gasteiger partial charge is 0.336 e. The lowest BCUT2D eigenvalue weighted by molar-refractivity contribution is -0.115. The molecule has 0 fully saturated rings. The van der Waals surface area contributed by atoms with E-state index in [0.29, 0.717) is 21.6 Å². The van der Waals surface area contributed by atoms with E-state index in [2.05, 4.69) is 15.6 Å². The van der Waals surface area contributed by atoms with E-state index in [1.807, 2.05) is 31.4 Å². The van der Waals surface area contributed by atoms with Gasteiger partial charge >= 0.3 is 5.97 Å². The summed E-state index contributed by atoms with van der Waals surface area (Å²) in [5, 5.41) is 18.4. The van der Waals surface area contributed by atoms with Crippen molar-refractivity contribution in [2.24, 2.45) is 0 Å². The number of hydrogen-bond acceptors (Lipinski definition) is 6. The third-order valence-electron chi connectivity index (χ3n) is 5.02. The van der Waals surface area contributed by atoms with Crippen LogP contribution in [0.15, 0.2) is 70.9 Å². The highest BCUT2D eigenvalue weighted by Crippen LogP contribution is 2.28. The van der Waals surface area contributed by atoms with E-state index in [1.165, 1.54) is 29.2 Å². The summed E-state index contributed by atoms with van der Waals surface area (Å²) >= 11 is 2.78. The molecule has 2 amide bonds. The molecule has 34 heavy (non-hydrogen) atoms. The average Bonchev–Trinajstić information content (AvgIpc) is 3.23. The Morgan fingerprint density at radius 2 is 1.65 bits per heavy atom. The summed E-state index contributed by atoms with van der Waals surface area (Å²) in [6.07, 6.45) is 0. The number of anilines is 2. The van der Waals surface area contributed by atoms with E-state index in [9.17, 15) is 19.5 Å². The van der Waals surface area contributed by atoms with Crippen LogP contribution in [0.5, 0.6) is 0 Å². The van der Waals surface area contributed by atoms with Crippen LogP contribution in [-0.2, 0) is 4.79 Å². The van der Waals surface area contributed by atoms with Gasteiger partial charge in [-0.2, -0.15) is 0 Å². The van der Waals surface area contributed by atoms with Crippen LogP contribution >= 0.6 is 23.1 Å². The number of carboxylic acid groups (broad SMARTS) is 1. The molecule has 0 saturated carbocycles. The minimum Gasteiger partial charge on any atom is -0.478 e. The number of aryl methyl sites for hydroxylation is 1. The maximum Gasteiger partial charge on any atom is 0.336 e. The molecule has 0 aliphatic heterocycles. The standard InChI is InChI=1S/C25H21N3O4S2/c1-14-13-33-25(26-14)28-22(29)15(2)34-18-11-9-17(10-12-18)27-23(30)19-7-3-5-16-6-4-8-20(21(16)19)24(31)32/h3-13,15H,1-2H3,(H,27,30)(H,31,32)(H,26,28,29). The molecular weight excluding hydrogens is 470 g/mol. The molecule has 1 heterocycles. The average molecular weight is 492 g/mol. The molecule has 4 aromatic rings. The number of hydrogen-bond donors (Lipinski definition) is 3. The minimum absolute atomic E-state index is 0.0789. The van der Waals surface area contributed by atoms with Gasteiger partial charge in [0.2, 0.25) is 5.91 Å². The number of aromatic nitrogens is 1. The third kappa shape index (κ3) is 5.27. The van der Waals surface area contributed by atoms with Crippen LogP contribution in [0, 0.1) is 6.92 Å². The summed E-state index contributed by atoms with van der Waals surface area (Å²) in [6, 6.07) is 17.2. The van der Waals surface area contributed by atoms with Crippen molar-refractivity contribution in [1.82, 2.24) is 4.98 Å². The Morgan fingerprint density at radius 1 is 0.971 bits per heavy atom. The minimum atomic E-state index is -1.09. The predicted molar refractivity (Wildman–Crippen MR) is 136 cm³/mol. The Morgan fingerprint density at radius 3 is 2.26 bits per heavy atom. The van der Waals surface area contributed by atoms with Gasteiger partial charge in [0.1, 0.15) is 0 Å². The van der Waals surface area contributed by atoms with Crippen molar-refractivity contribution < 1.29 is 19.5 Å². The molecule has 3 aromatic carbocycles. The lowest BCUT2D eigenvalue weighted by atomic mass is 9.98. The number of carbonyl (C=O) groups is 3. The Bertz CT molecular complexity index is 1380. The summed E-state index contributed by atoms with van der Waals surface area (Å²) in [5.74, 6) is -1.62. The summed E-state index contributed by atoms with van der Waals surface area (Å²) in [5.41, 5.74) is 1.79. The van der Waals surface area contributed by atoms with Crippen molar-refractivity contribution in [2.45, 2.75) is 24.0 Å². The zero-order chi connectivity index (χ0) is 24.2. The number of nitrogens with zero attached hydrogens (tertiary/aromatic N) is 1. The number of aromatic carboxylic acids is 1. The maximum atomic E-state index is 13.0. The van der Waals surface area contributed by atoms with Crippen LogP contribution in [0.25, 0.3) is 10.8 Å². The third-order valence-corrected chi connectivity index (χ3v) is 7.01. The van der Waals surface area contributed by atoms with Gasteiger partial charge in [-0.15, -0.1) is 23.1 Å². The van der Waals surface area contributed by atoms with Crippen LogP contribution in [0.1, 0.15) is 33.3 Å². The number of fused-ring (bicyclic) bond motifs is 1. The number of carbonyl (C=O) groups excluding carboxylic acids is 2. The number of thiazole rings is 1. The Balaban J connectivity index is 1.44. The molecule has 4 rings (SSSR count). The first kappa shape index (κ1) is 23.5. The lowest BCUT2D eigenvalue weighted by Gasteiger charge is -2.12. The van der Waals surface area contributed by atoms with E-state index >= 15 is 0 Å². The predicted octanol–water partition coefficient (Wildman–Crippen LogP) is 5.67. The van der Waals surface area contributed by atoms with Crippen molar-refractivity contribution in [3.8, 4) is 0 Å². The van der Waals surface area contributed by atoms with Crippen LogP contribution in [-0.4, -0.2) is 33.1 Å². The lowest BCUT2D eigenvalue weighted by Crippen LogP contribution is -2.22. The van der Waals surface area contributed by atoms with Gasteiger partial charge in [0.15, 0.2) is 5.13 Å². The van der Waals surface area contributed by atoms with Gasteiger partial charge in [-0.05, 0) is 55.6 Å². The largest absolute Gasteiger partial charge is 0.478 e. The summed E-state index contributed by atoms with van der Waals surface area (Å²) < 4.78 is 0. The highest BCUT2D eigenvalue weighted by molar-refractivity contribution is 8.00. The van der Waals surface area contributed by atoms with Gasteiger partial charge in [0.25, 0.3) is 5.91 Å². The Labute approximate surface area is 204 Å². The highest BCUT2D eigenvalue weighted by Gasteiger charge is 2.18. The molecule has 0 radical (unpaired) electrons. The van der Waals surface area contributed by atoms with Gasteiger partial charge in [-0.1, -0.05) is 24.3 Å². The zero-order valence-corrected chi connectivity index (χ0v) is 20.0. The molecule has 9 heteroatoms. The number of rotatable bonds is 7. The first-order valence-corrected chi connectivity index (χ1v) is 12.1. The maximum absolute atomic E-state index is 13.0. The first-order valence-electron chi connectivity index (χ1n) is 10.4. The molecule has 7 nitrogen and oxygen atoms in total. The van der Waals surface area contributed by atoms with Crippen LogP contribution in [0.4, 0.5) is 10.8 Å². The fourth-order valence-corrected chi connectivity index (χ4v) is 4.96. The normalized spacial score (nSPS) is 11.7. The number of amides is 2. The molecule has 1 unspecified atom stereocenters. The number of carboxylic acids is 1. The Kier molecular flexibility index (Phi) is 6.95. The van der Waals surface area contributed by atoms with E-state index < -0.39 is 11.9 Å². The SMILES string of the molecule is Cc1csc(NC(=O)C(C)Sc2ccc(NC(=O)c3cccc4cccc(C(=O)O)c34)cc2)n1. The van der Waals surface area contributed by atoms with E-state index in [1.54, 1.807) is 42.5 Å². The number of benzene rings is 3. The fraction of sp³-hybridized carbons (Fsp3) is 0.120. The fourth-order valence-electron chi connectivity index (χ4n) is 3.40. The molecule has 172 valence electrons. The van der Waals surface area contributed by atoms with Crippen molar-refractivity contribution in [2.75, 3.05) is 10.6 Å². The van der Waals surface area contributed by atoms with Gasteiger partial charge in [0.05, 0.1) is 16.5 Å². The molecule has 0 aliphatic carbocycles. The van der Waals surface area contributed by atoms with E-state index in [0.717, 1.165) is 10.6 Å². The molecule has 0 saturated heterocycles. The second kappa shape index (κ2) is 10.1. The monoisotopic (exact) mass is 491 g/mol. The van der Waals surface area contributed by atoms with Crippen molar-refractivity contribution in [3.05, 3.63) is 82.9 Å². The second-order valence-electron chi connectivity index (χ2n) is 7.54. The molecule has 0 spiro atoms. The number of thioether (sulfide) groups is 1. The van der Waals surface area contributed by atoms with Crippen LogP contribution < -0.4 is 10.6 Å². The zero-order valence-electron chi connectivity index (χ0n) is 18.4. The highest BCUT2D eigenvalue weighted by atomic mass is 32.2. The van der Waals surface area contributed by atoms with Gasteiger partial charge < -0.3 is 15.7 Å². The van der Waals surface area contributed by atoms with Crippen LogP contribution in [0.3, 0.4) is 0 Å². The summed E-state index contributed by atoms with van der Waals surface area (Å²) in [4.78, 5) is 42.1. The molecule has 3 N–H and O–H groups in total. The van der Waals surface area contributed by atoms with Crippen LogP contribution in [0.2, 0.25) is 0 Å².